The molecule has 7 heteroatoms. The standard InChI is InChI=1S/C9H17NO5S/c1-3-7(4-9(12)13)5-10-8(11)6-16(2,14)15/h7H,3-6H2,1-2H3,(H,10,11)(H,12,13). The molecule has 1 unspecified atom stereocenters. The first-order valence-electron chi connectivity index (χ1n) is 4.90. The lowest BCUT2D eigenvalue weighted by atomic mass is 10.0. The highest BCUT2D eigenvalue weighted by atomic mass is 32.2. The lowest BCUT2D eigenvalue weighted by Crippen LogP contribution is -2.34. The largest absolute Gasteiger partial charge is 0.481 e. The van der Waals surface area contributed by atoms with Crippen LogP contribution in [0.15, 0.2) is 0 Å². The first kappa shape index (κ1) is 14.9. The maximum absolute atomic E-state index is 11.1. The van der Waals surface area contributed by atoms with Crippen molar-refractivity contribution < 1.29 is 23.1 Å². The average Bonchev–Trinajstić information content (AvgIpc) is 2.08. The van der Waals surface area contributed by atoms with E-state index in [0.29, 0.717) is 6.42 Å². The maximum atomic E-state index is 11.1. The van der Waals surface area contributed by atoms with E-state index in [0.717, 1.165) is 6.26 Å². The van der Waals surface area contributed by atoms with Gasteiger partial charge in [0.05, 0.1) is 0 Å². The number of amides is 1. The van der Waals surface area contributed by atoms with Gasteiger partial charge in [-0.1, -0.05) is 13.3 Å². The van der Waals surface area contributed by atoms with E-state index in [-0.39, 0.29) is 18.9 Å². The van der Waals surface area contributed by atoms with Gasteiger partial charge in [-0.3, -0.25) is 9.59 Å². The van der Waals surface area contributed by atoms with E-state index in [2.05, 4.69) is 5.32 Å². The van der Waals surface area contributed by atoms with Gasteiger partial charge in [0, 0.05) is 19.2 Å². The minimum Gasteiger partial charge on any atom is -0.481 e. The van der Waals surface area contributed by atoms with Gasteiger partial charge in [0.2, 0.25) is 5.91 Å². The molecule has 1 atom stereocenters. The highest BCUT2D eigenvalue weighted by Gasteiger charge is 2.14. The van der Waals surface area contributed by atoms with Gasteiger partial charge in [-0.25, -0.2) is 8.42 Å². The summed E-state index contributed by atoms with van der Waals surface area (Å²) < 4.78 is 21.6. The Labute approximate surface area is 95.0 Å². The van der Waals surface area contributed by atoms with Crippen LogP contribution in [-0.2, 0) is 19.4 Å². The maximum Gasteiger partial charge on any atom is 0.303 e. The summed E-state index contributed by atoms with van der Waals surface area (Å²) in [6.45, 7) is 2.01. The van der Waals surface area contributed by atoms with Gasteiger partial charge in [-0.15, -0.1) is 0 Å². The summed E-state index contributed by atoms with van der Waals surface area (Å²) in [6.07, 6.45) is 1.56. The van der Waals surface area contributed by atoms with Crippen LogP contribution in [0.4, 0.5) is 0 Å². The van der Waals surface area contributed by atoms with Crippen LogP contribution >= 0.6 is 0 Å². The van der Waals surface area contributed by atoms with Crippen LogP contribution < -0.4 is 5.32 Å². The molecule has 94 valence electrons. The minimum atomic E-state index is -3.33. The molecule has 0 saturated heterocycles. The Morgan fingerprint density at radius 2 is 1.94 bits per heavy atom. The predicted octanol–water partition coefficient (Wildman–Crippen LogP) is -0.352. The fourth-order valence-electron chi connectivity index (χ4n) is 1.16. The number of aliphatic carboxylic acids is 1. The lowest BCUT2D eigenvalue weighted by molar-refractivity contribution is -0.138. The normalized spacial score (nSPS) is 13.1. The molecule has 0 aliphatic rings. The van der Waals surface area contributed by atoms with Crippen molar-refractivity contribution >= 4 is 21.7 Å². The van der Waals surface area contributed by atoms with Crippen molar-refractivity contribution in [2.24, 2.45) is 5.92 Å². The molecule has 0 fully saturated rings. The molecule has 0 saturated carbocycles. The van der Waals surface area contributed by atoms with Crippen molar-refractivity contribution in [3.8, 4) is 0 Å². The molecule has 16 heavy (non-hydrogen) atoms. The Kier molecular flexibility index (Phi) is 6.02. The second kappa shape index (κ2) is 6.47. The number of hydrogen-bond donors (Lipinski definition) is 2. The van der Waals surface area contributed by atoms with Gasteiger partial charge in [0.25, 0.3) is 0 Å². The van der Waals surface area contributed by atoms with Crippen molar-refractivity contribution in [1.82, 2.24) is 5.32 Å². The second-order valence-electron chi connectivity index (χ2n) is 3.75. The molecule has 0 aromatic rings. The summed E-state index contributed by atoms with van der Waals surface area (Å²) in [6, 6.07) is 0. The Balaban J connectivity index is 4.02. The zero-order chi connectivity index (χ0) is 12.8. The van der Waals surface area contributed by atoms with Crippen LogP contribution in [0.3, 0.4) is 0 Å². The van der Waals surface area contributed by atoms with E-state index in [4.69, 9.17) is 5.11 Å². The molecule has 0 aromatic carbocycles. The number of carboxylic acids is 1. The Morgan fingerprint density at radius 1 is 1.38 bits per heavy atom. The van der Waals surface area contributed by atoms with E-state index in [1.54, 1.807) is 0 Å². The number of rotatable bonds is 7. The summed E-state index contributed by atoms with van der Waals surface area (Å²) >= 11 is 0. The first-order valence-corrected chi connectivity index (χ1v) is 6.97. The highest BCUT2D eigenvalue weighted by Crippen LogP contribution is 2.06. The Hall–Kier alpha value is -1.11. The SMILES string of the molecule is CCC(CNC(=O)CS(C)(=O)=O)CC(=O)O. The van der Waals surface area contributed by atoms with Crippen LogP contribution in [0, 0.1) is 5.92 Å². The molecule has 0 aromatic heterocycles. The number of nitrogens with one attached hydrogen (secondary N) is 1. The molecule has 6 nitrogen and oxygen atoms in total. The predicted molar refractivity (Wildman–Crippen MR) is 58.8 cm³/mol. The topological polar surface area (TPSA) is 101 Å². The third kappa shape index (κ3) is 8.22. The third-order valence-electron chi connectivity index (χ3n) is 2.02. The Bertz CT molecular complexity index is 349. The molecular formula is C9H17NO5S. The van der Waals surface area contributed by atoms with Gasteiger partial charge in [-0.2, -0.15) is 0 Å². The quantitative estimate of drug-likeness (QED) is 0.644. The zero-order valence-corrected chi connectivity index (χ0v) is 10.2. The smallest absolute Gasteiger partial charge is 0.303 e. The molecule has 0 aliphatic carbocycles. The summed E-state index contributed by atoms with van der Waals surface area (Å²) in [5.74, 6) is -2.24. The number of hydrogen-bond acceptors (Lipinski definition) is 4. The van der Waals surface area contributed by atoms with Crippen molar-refractivity contribution in [3.05, 3.63) is 0 Å². The molecule has 0 bridgehead atoms. The van der Waals surface area contributed by atoms with Crippen LogP contribution in [0.1, 0.15) is 19.8 Å². The summed E-state index contributed by atoms with van der Waals surface area (Å²) in [5.41, 5.74) is 0. The summed E-state index contributed by atoms with van der Waals surface area (Å²) in [5, 5.41) is 11.0. The molecule has 0 spiro atoms. The Morgan fingerprint density at radius 3 is 2.31 bits per heavy atom. The highest BCUT2D eigenvalue weighted by molar-refractivity contribution is 7.91. The lowest BCUT2D eigenvalue weighted by Gasteiger charge is -2.12. The van der Waals surface area contributed by atoms with Gasteiger partial charge in [-0.05, 0) is 5.92 Å². The van der Waals surface area contributed by atoms with Gasteiger partial charge in [0.1, 0.15) is 5.75 Å². The van der Waals surface area contributed by atoms with E-state index in [1.807, 2.05) is 6.92 Å². The van der Waals surface area contributed by atoms with E-state index in [9.17, 15) is 18.0 Å². The minimum absolute atomic E-state index is 0.0321. The third-order valence-corrected chi connectivity index (χ3v) is 2.81. The molecule has 0 radical (unpaired) electrons. The first-order chi connectivity index (χ1) is 7.24. The van der Waals surface area contributed by atoms with E-state index < -0.39 is 27.5 Å². The number of carboxylic acid groups (broad SMARTS) is 1. The number of sulfone groups is 1. The summed E-state index contributed by atoms with van der Waals surface area (Å²) in [4.78, 5) is 21.6. The molecular weight excluding hydrogens is 234 g/mol. The van der Waals surface area contributed by atoms with Crippen molar-refractivity contribution in [2.45, 2.75) is 19.8 Å². The average molecular weight is 251 g/mol. The molecule has 1 amide bonds. The molecule has 0 aliphatic heterocycles. The van der Waals surface area contributed by atoms with Crippen molar-refractivity contribution in [2.75, 3.05) is 18.6 Å². The van der Waals surface area contributed by atoms with Crippen LogP contribution in [0.25, 0.3) is 0 Å². The van der Waals surface area contributed by atoms with Crippen molar-refractivity contribution in [1.29, 1.82) is 0 Å². The fraction of sp³-hybridized carbons (Fsp3) is 0.778. The number of carbonyl (C=O) groups is 2. The van der Waals surface area contributed by atoms with Crippen LogP contribution in [0.5, 0.6) is 0 Å². The van der Waals surface area contributed by atoms with Crippen LogP contribution in [-0.4, -0.2) is 44.0 Å². The summed E-state index contributed by atoms with van der Waals surface area (Å²) in [7, 11) is -3.33. The monoisotopic (exact) mass is 251 g/mol. The van der Waals surface area contributed by atoms with Crippen LogP contribution in [0.2, 0.25) is 0 Å². The van der Waals surface area contributed by atoms with Crippen molar-refractivity contribution in [3.63, 3.8) is 0 Å². The fourth-order valence-corrected chi connectivity index (χ4v) is 1.73. The molecule has 0 rings (SSSR count). The van der Waals surface area contributed by atoms with Gasteiger partial charge < -0.3 is 10.4 Å². The molecule has 2 N–H and O–H groups in total. The van der Waals surface area contributed by atoms with Gasteiger partial charge in [0.15, 0.2) is 9.84 Å². The zero-order valence-electron chi connectivity index (χ0n) is 9.39. The van der Waals surface area contributed by atoms with E-state index in [1.165, 1.54) is 0 Å². The van der Waals surface area contributed by atoms with E-state index >= 15 is 0 Å². The van der Waals surface area contributed by atoms with Gasteiger partial charge >= 0.3 is 5.97 Å². The second-order valence-corrected chi connectivity index (χ2v) is 5.89. The molecule has 0 heterocycles. The number of carbonyl (C=O) groups excluding carboxylic acids is 1.